The Kier molecular flexibility index (Phi) is 6.99. The maximum absolute atomic E-state index is 6.54. The lowest BCUT2D eigenvalue weighted by atomic mass is 10.1. The molecule has 0 saturated carbocycles. The van der Waals surface area contributed by atoms with Gasteiger partial charge in [-0.05, 0) is 43.4 Å². The van der Waals surface area contributed by atoms with Crippen molar-refractivity contribution < 1.29 is 14.2 Å². The van der Waals surface area contributed by atoms with Crippen LogP contribution in [0.15, 0.2) is 61.2 Å². The molecule has 0 aliphatic carbocycles. The Labute approximate surface area is 209 Å². The predicted molar refractivity (Wildman–Crippen MR) is 133 cm³/mol. The molecule has 2 atom stereocenters. The van der Waals surface area contributed by atoms with Gasteiger partial charge in [-0.3, -0.25) is 0 Å². The van der Waals surface area contributed by atoms with Crippen molar-refractivity contribution in [2.24, 2.45) is 0 Å². The van der Waals surface area contributed by atoms with Crippen molar-refractivity contribution in [3.8, 4) is 5.75 Å². The molecule has 5 rings (SSSR count). The minimum absolute atomic E-state index is 0.257. The number of piperazine rings is 1. The van der Waals surface area contributed by atoms with E-state index in [1.807, 2.05) is 29.0 Å². The SMILES string of the molecule is CN1CCN(c2ccc(OCC3CO[C@@](Cn4ccnc4)(c4ccc(Cl)cc4Cl)O3)cc2)CC1. The lowest BCUT2D eigenvalue weighted by Crippen LogP contribution is -2.44. The minimum atomic E-state index is -1.05. The second kappa shape index (κ2) is 10.1. The molecule has 7 nitrogen and oxygen atoms in total. The van der Waals surface area contributed by atoms with E-state index >= 15 is 0 Å². The van der Waals surface area contributed by atoms with E-state index in [0.717, 1.165) is 37.5 Å². The monoisotopic (exact) mass is 502 g/mol. The van der Waals surface area contributed by atoms with Gasteiger partial charge in [-0.25, -0.2) is 4.98 Å². The molecule has 34 heavy (non-hydrogen) atoms. The molecule has 0 N–H and O–H groups in total. The standard InChI is InChI=1S/C25H28Cl2N4O3/c1-29-10-12-31(13-11-29)20-3-5-21(6-4-20)32-15-22-16-33-25(34-22,17-30-9-8-28-18-30)23-7-2-19(26)14-24(23)27/h2-9,14,18,22H,10-13,15-17H2,1H3/t22?,25-/m1/s1. The van der Waals surface area contributed by atoms with Gasteiger partial charge in [0.15, 0.2) is 0 Å². The highest BCUT2D eigenvalue weighted by Crippen LogP contribution is 2.40. The topological polar surface area (TPSA) is 52.0 Å². The van der Waals surface area contributed by atoms with E-state index < -0.39 is 5.79 Å². The summed E-state index contributed by atoms with van der Waals surface area (Å²) in [6.45, 7) is 5.39. The number of imidazole rings is 1. The number of benzene rings is 2. The zero-order chi connectivity index (χ0) is 23.5. The van der Waals surface area contributed by atoms with E-state index in [-0.39, 0.29) is 6.10 Å². The smallest absolute Gasteiger partial charge is 0.215 e. The second-order valence-corrected chi connectivity index (χ2v) is 9.60. The molecule has 2 aromatic carbocycles. The van der Waals surface area contributed by atoms with Crippen LogP contribution in [0.4, 0.5) is 5.69 Å². The predicted octanol–water partition coefficient (Wildman–Crippen LogP) is 4.29. The van der Waals surface area contributed by atoms with Crippen LogP contribution >= 0.6 is 23.2 Å². The van der Waals surface area contributed by atoms with Crippen LogP contribution in [0.2, 0.25) is 10.0 Å². The Balaban J connectivity index is 1.25. The normalized spacial score (nSPS) is 23.4. The molecule has 9 heteroatoms. The fourth-order valence-corrected chi connectivity index (χ4v) is 4.93. The van der Waals surface area contributed by atoms with Gasteiger partial charge in [-0.2, -0.15) is 0 Å². The molecule has 0 spiro atoms. The van der Waals surface area contributed by atoms with Crippen molar-refractivity contribution in [1.29, 1.82) is 0 Å². The first-order valence-electron chi connectivity index (χ1n) is 11.4. The van der Waals surface area contributed by atoms with Crippen LogP contribution in [0, 0.1) is 0 Å². The fourth-order valence-electron chi connectivity index (χ4n) is 4.38. The maximum Gasteiger partial charge on any atom is 0.215 e. The molecule has 180 valence electrons. The number of likely N-dealkylation sites (N-methyl/N-ethyl adjacent to an activating group) is 1. The Morgan fingerprint density at radius 1 is 1.09 bits per heavy atom. The third-order valence-corrected chi connectivity index (χ3v) is 6.84. The number of rotatable bonds is 7. The molecule has 0 bridgehead atoms. The van der Waals surface area contributed by atoms with Crippen molar-refractivity contribution in [2.45, 2.75) is 18.4 Å². The highest BCUT2D eigenvalue weighted by molar-refractivity contribution is 6.35. The number of hydrogen-bond donors (Lipinski definition) is 0. The molecule has 2 saturated heterocycles. The van der Waals surface area contributed by atoms with Crippen molar-refractivity contribution in [3.63, 3.8) is 0 Å². The highest BCUT2D eigenvalue weighted by Gasteiger charge is 2.45. The third kappa shape index (κ3) is 5.19. The van der Waals surface area contributed by atoms with Crippen molar-refractivity contribution >= 4 is 28.9 Å². The van der Waals surface area contributed by atoms with Gasteiger partial charge in [0.05, 0.1) is 24.5 Å². The number of ether oxygens (including phenoxy) is 3. The average Bonchev–Trinajstić information content (AvgIpc) is 3.49. The van der Waals surface area contributed by atoms with E-state index in [4.69, 9.17) is 37.4 Å². The molecular formula is C25H28Cl2N4O3. The van der Waals surface area contributed by atoms with Crippen LogP contribution in [-0.4, -0.2) is 67.0 Å². The Morgan fingerprint density at radius 3 is 2.59 bits per heavy atom. The Hall–Kier alpha value is -2.29. The van der Waals surface area contributed by atoms with Crippen molar-refractivity contribution in [2.75, 3.05) is 51.3 Å². The first-order chi connectivity index (χ1) is 16.5. The Bertz CT molecular complexity index is 1090. The van der Waals surface area contributed by atoms with Crippen LogP contribution in [-0.2, 0) is 21.8 Å². The van der Waals surface area contributed by atoms with Gasteiger partial charge in [0.25, 0.3) is 0 Å². The number of anilines is 1. The van der Waals surface area contributed by atoms with E-state index in [9.17, 15) is 0 Å². The zero-order valence-electron chi connectivity index (χ0n) is 19.1. The van der Waals surface area contributed by atoms with Crippen LogP contribution in [0.5, 0.6) is 5.75 Å². The molecule has 2 aliphatic heterocycles. The van der Waals surface area contributed by atoms with E-state index in [1.54, 1.807) is 24.7 Å². The molecule has 2 aliphatic rings. The Morgan fingerprint density at radius 2 is 1.88 bits per heavy atom. The maximum atomic E-state index is 6.54. The minimum Gasteiger partial charge on any atom is -0.491 e. The summed E-state index contributed by atoms with van der Waals surface area (Å²) in [4.78, 5) is 8.88. The molecule has 3 heterocycles. The molecule has 0 amide bonds. The summed E-state index contributed by atoms with van der Waals surface area (Å²) in [6.07, 6.45) is 5.06. The van der Waals surface area contributed by atoms with Gasteiger partial charge in [-0.1, -0.05) is 29.3 Å². The van der Waals surface area contributed by atoms with Crippen LogP contribution < -0.4 is 9.64 Å². The van der Waals surface area contributed by atoms with Crippen molar-refractivity contribution in [1.82, 2.24) is 14.5 Å². The summed E-state index contributed by atoms with van der Waals surface area (Å²) < 4.78 is 20.6. The van der Waals surface area contributed by atoms with Gasteiger partial charge in [0, 0.05) is 54.8 Å². The van der Waals surface area contributed by atoms with Crippen LogP contribution in [0.25, 0.3) is 0 Å². The summed E-state index contributed by atoms with van der Waals surface area (Å²) in [7, 11) is 2.16. The fraction of sp³-hybridized carbons (Fsp3) is 0.400. The average molecular weight is 503 g/mol. The number of aromatic nitrogens is 2. The summed E-state index contributed by atoms with van der Waals surface area (Å²) in [6, 6.07) is 13.6. The number of hydrogen-bond acceptors (Lipinski definition) is 6. The van der Waals surface area contributed by atoms with E-state index in [1.165, 1.54) is 5.69 Å². The van der Waals surface area contributed by atoms with Gasteiger partial charge < -0.3 is 28.6 Å². The molecule has 3 aromatic rings. The zero-order valence-corrected chi connectivity index (χ0v) is 20.6. The number of halogens is 2. The summed E-state index contributed by atoms with van der Waals surface area (Å²) in [5, 5.41) is 1.05. The van der Waals surface area contributed by atoms with Gasteiger partial charge in [0.1, 0.15) is 18.5 Å². The van der Waals surface area contributed by atoms with Crippen LogP contribution in [0.3, 0.4) is 0 Å². The van der Waals surface area contributed by atoms with Gasteiger partial charge in [0.2, 0.25) is 5.79 Å². The third-order valence-electron chi connectivity index (χ3n) is 6.29. The molecule has 0 radical (unpaired) electrons. The molecule has 1 unspecified atom stereocenters. The second-order valence-electron chi connectivity index (χ2n) is 8.76. The summed E-state index contributed by atoms with van der Waals surface area (Å²) >= 11 is 12.7. The first-order valence-corrected chi connectivity index (χ1v) is 12.2. The highest BCUT2D eigenvalue weighted by atomic mass is 35.5. The first kappa shape index (κ1) is 23.5. The largest absolute Gasteiger partial charge is 0.491 e. The molecule has 2 fully saturated rings. The van der Waals surface area contributed by atoms with E-state index in [2.05, 4.69) is 34.0 Å². The van der Waals surface area contributed by atoms with E-state index in [0.29, 0.717) is 29.8 Å². The van der Waals surface area contributed by atoms with Gasteiger partial charge in [-0.15, -0.1) is 0 Å². The lowest BCUT2D eigenvalue weighted by Gasteiger charge is -2.34. The van der Waals surface area contributed by atoms with Crippen LogP contribution in [0.1, 0.15) is 5.56 Å². The quantitative estimate of drug-likeness (QED) is 0.480. The summed E-state index contributed by atoms with van der Waals surface area (Å²) in [5.74, 6) is -0.250. The molecule has 1 aromatic heterocycles. The lowest BCUT2D eigenvalue weighted by molar-refractivity contribution is -0.189. The summed E-state index contributed by atoms with van der Waals surface area (Å²) in [5.41, 5.74) is 1.95. The van der Waals surface area contributed by atoms with Gasteiger partial charge >= 0.3 is 0 Å². The number of nitrogens with zero attached hydrogens (tertiary/aromatic N) is 4. The molecular weight excluding hydrogens is 475 g/mol. The van der Waals surface area contributed by atoms with Crippen molar-refractivity contribution in [3.05, 3.63) is 76.8 Å².